The van der Waals surface area contributed by atoms with Crippen LogP contribution in [0.25, 0.3) is 22.5 Å². The molecule has 1 aromatic carbocycles. The summed E-state index contributed by atoms with van der Waals surface area (Å²) in [7, 11) is 2.12. The monoisotopic (exact) mass is 377 g/mol. The van der Waals surface area contributed by atoms with E-state index in [1.54, 1.807) is 0 Å². The number of aromatic nitrogens is 3. The summed E-state index contributed by atoms with van der Waals surface area (Å²) < 4.78 is 13.9. The summed E-state index contributed by atoms with van der Waals surface area (Å²) in [5.74, 6) is 1.66. The quantitative estimate of drug-likeness (QED) is 0.757. The average Bonchev–Trinajstić information content (AvgIpc) is 3.33. The predicted molar refractivity (Wildman–Crippen MR) is 109 cm³/mol. The van der Waals surface area contributed by atoms with E-state index in [1.165, 1.54) is 5.69 Å². The maximum Gasteiger partial charge on any atom is 0.142 e. The first-order valence-corrected chi connectivity index (χ1v) is 9.89. The third-order valence-corrected chi connectivity index (χ3v) is 5.71. The number of likely N-dealkylation sites (N-methyl/N-ethyl adjacent to an activating group) is 1. The smallest absolute Gasteiger partial charge is 0.142 e. The molecular formula is C22H24FN5. The number of hydrogen-bond donors (Lipinski definition) is 1. The molecule has 0 bridgehead atoms. The number of imidazole rings is 1. The second-order valence-electron chi connectivity index (χ2n) is 7.75. The van der Waals surface area contributed by atoms with Gasteiger partial charge < -0.3 is 14.8 Å². The molecule has 0 saturated carbocycles. The number of nitrogens with zero attached hydrogens (tertiary/aromatic N) is 4. The molecule has 2 aromatic heterocycles. The highest BCUT2D eigenvalue weighted by molar-refractivity contribution is 5.88. The van der Waals surface area contributed by atoms with Crippen molar-refractivity contribution in [2.45, 2.75) is 25.6 Å². The number of rotatable bonds is 3. The standard InChI is InChI=1S/C22H24FN5/c1-27-11-9-18-19(14-27)26-21(25-18)20-17(15-5-3-2-4-6-15)7-10-24-22(20)28-12-8-16(23)13-28/h2-7,10,16H,8-9,11-14H2,1H3,(H,25,26). The minimum Gasteiger partial charge on any atom is -0.353 e. The summed E-state index contributed by atoms with van der Waals surface area (Å²) in [5, 5.41) is 0. The van der Waals surface area contributed by atoms with Gasteiger partial charge in [-0.05, 0) is 30.7 Å². The number of hydrogen-bond acceptors (Lipinski definition) is 4. The Morgan fingerprint density at radius 2 is 2.00 bits per heavy atom. The number of halogens is 1. The van der Waals surface area contributed by atoms with Crippen LogP contribution in [-0.4, -0.2) is 52.7 Å². The number of nitrogens with one attached hydrogen (secondary N) is 1. The number of alkyl halides is 1. The fourth-order valence-corrected chi connectivity index (χ4v) is 4.24. The first kappa shape index (κ1) is 17.4. The Balaban J connectivity index is 1.68. The van der Waals surface area contributed by atoms with E-state index in [2.05, 4.69) is 38.9 Å². The second kappa shape index (κ2) is 7.02. The second-order valence-corrected chi connectivity index (χ2v) is 7.75. The van der Waals surface area contributed by atoms with Crippen molar-refractivity contribution in [1.82, 2.24) is 19.9 Å². The van der Waals surface area contributed by atoms with Gasteiger partial charge in [0.05, 0.1) is 23.5 Å². The van der Waals surface area contributed by atoms with Crippen LogP contribution in [0.3, 0.4) is 0 Å². The Kier molecular flexibility index (Phi) is 4.36. The summed E-state index contributed by atoms with van der Waals surface area (Å²) in [6.07, 6.45) is 2.52. The van der Waals surface area contributed by atoms with Crippen molar-refractivity contribution in [3.05, 3.63) is 54.0 Å². The number of benzene rings is 1. The highest BCUT2D eigenvalue weighted by atomic mass is 19.1. The molecule has 1 unspecified atom stereocenters. The van der Waals surface area contributed by atoms with Gasteiger partial charge in [-0.15, -0.1) is 0 Å². The van der Waals surface area contributed by atoms with Gasteiger partial charge in [-0.1, -0.05) is 30.3 Å². The number of anilines is 1. The zero-order valence-electron chi connectivity index (χ0n) is 16.0. The van der Waals surface area contributed by atoms with E-state index in [-0.39, 0.29) is 0 Å². The maximum atomic E-state index is 13.9. The first-order valence-electron chi connectivity index (χ1n) is 9.89. The molecule has 0 radical (unpaired) electrons. The molecule has 1 saturated heterocycles. The molecular weight excluding hydrogens is 353 g/mol. The zero-order chi connectivity index (χ0) is 19.1. The maximum absolute atomic E-state index is 13.9. The lowest BCUT2D eigenvalue weighted by atomic mass is 10.00. The molecule has 2 aliphatic heterocycles. The van der Waals surface area contributed by atoms with Crippen LogP contribution in [0.15, 0.2) is 42.6 Å². The van der Waals surface area contributed by atoms with E-state index in [4.69, 9.17) is 4.98 Å². The Bertz CT molecular complexity index is 984. The third-order valence-electron chi connectivity index (χ3n) is 5.71. The summed E-state index contributed by atoms with van der Waals surface area (Å²) in [5.41, 5.74) is 5.46. The molecule has 1 N–H and O–H groups in total. The van der Waals surface area contributed by atoms with Crippen LogP contribution in [0.2, 0.25) is 0 Å². The third kappa shape index (κ3) is 3.07. The number of fused-ring (bicyclic) bond motifs is 1. The molecule has 5 nitrogen and oxygen atoms in total. The van der Waals surface area contributed by atoms with Gasteiger partial charge in [-0.2, -0.15) is 0 Å². The lowest BCUT2D eigenvalue weighted by molar-refractivity contribution is 0.307. The zero-order valence-corrected chi connectivity index (χ0v) is 16.0. The molecule has 4 heterocycles. The molecule has 1 atom stereocenters. The number of H-pyrrole nitrogens is 1. The largest absolute Gasteiger partial charge is 0.353 e. The van der Waals surface area contributed by atoms with Crippen molar-refractivity contribution in [1.29, 1.82) is 0 Å². The van der Waals surface area contributed by atoms with Crippen LogP contribution in [0, 0.1) is 0 Å². The van der Waals surface area contributed by atoms with E-state index in [9.17, 15) is 4.39 Å². The molecule has 1 fully saturated rings. The van der Waals surface area contributed by atoms with Crippen LogP contribution >= 0.6 is 0 Å². The summed E-state index contributed by atoms with van der Waals surface area (Å²) >= 11 is 0. The van der Waals surface area contributed by atoms with Gasteiger partial charge in [0, 0.05) is 32.3 Å². The summed E-state index contributed by atoms with van der Waals surface area (Å²) in [6, 6.07) is 12.3. The fourth-order valence-electron chi connectivity index (χ4n) is 4.24. The van der Waals surface area contributed by atoms with E-state index in [1.807, 2.05) is 30.5 Å². The van der Waals surface area contributed by atoms with Gasteiger partial charge in [0.1, 0.15) is 17.8 Å². The topological polar surface area (TPSA) is 48.1 Å². The van der Waals surface area contributed by atoms with Crippen LogP contribution < -0.4 is 4.90 Å². The van der Waals surface area contributed by atoms with Crippen molar-refractivity contribution in [2.75, 3.05) is 31.6 Å². The SMILES string of the molecule is CN1CCc2nc(-c3c(-c4ccccc4)ccnc3N3CCC(F)C3)[nH]c2C1. The van der Waals surface area contributed by atoms with E-state index < -0.39 is 6.17 Å². The number of pyridine rings is 1. The van der Waals surface area contributed by atoms with Gasteiger partial charge in [0.15, 0.2) is 0 Å². The van der Waals surface area contributed by atoms with Crippen LogP contribution in [0.4, 0.5) is 10.2 Å². The van der Waals surface area contributed by atoms with E-state index in [0.717, 1.165) is 53.5 Å². The normalized spacial score (nSPS) is 19.8. The fraction of sp³-hybridized carbons (Fsp3) is 0.364. The minimum atomic E-state index is -0.798. The Morgan fingerprint density at radius 3 is 2.79 bits per heavy atom. The molecule has 144 valence electrons. The van der Waals surface area contributed by atoms with Crippen molar-refractivity contribution in [3.63, 3.8) is 0 Å². The van der Waals surface area contributed by atoms with E-state index >= 15 is 0 Å². The lowest BCUT2D eigenvalue weighted by Gasteiger charge is -2.21. The van der Waals surface area contributed by atoms with Crippen molar-refractivity contribution in [2.24, 2.45) is 0 Å². The van der Waals surface area contributed by atoms with Crippen LogP contribution in [0.1, 0.15) is 17.8 Å². The Hall–Kier alpha value is -2.73. The molecule has 0 spiro atoms. The molecule has 6 heteroatoms. The lowest BCUT2D eigenvalue weighted by Crippen LogP contribution is -2.26. The Morgan fingerprint density at radius 1 is 1.14 bits per heavy atom. The van der Waals surface area contributed by atoms with Crippen molar-refractivity contribution >= 4 is 5.82 Å². The van der Waals surface area contributed by atoms with Gasteiger partial charge in [0.2, 0.25) is 0 Å². The van der Waals surface area contributed by atoms with Gasteiger partial charge in [-0.25, -0.2) is 14.4 Å². The van der Waals surface area contributed by atoms with Crippen LogP contribution in [0.5, 0.6) is 0 Å². The number of aromatic amines is 1. The first-order chi connectivity index (χ1) is 13.7. The van der Waals surface area contributed by atoms with E-state index in [0.29, 0.717) is 19.5 Å². The highest BCUT2D eigenvalue weighted by Crippen LogP contribution is 2.39. The van der Waals surface area contributed by atoms with Crippen molar-refractivity contribution in [3.8, 4) is 22.5 Å². The average molecular weight is 377 g/mol. The summed E-state index contributed by atoms with van der Waals surface area (Å²) in [6.45, 7) is 2.96. The highest BCUT2D eigenvalue weighted by Gasteiger charge is 2.28. The molecule has 0 aliphatic carbocycles. The minimum absolute atomic E-state index is 0.390. The van der Waals surface area contributed by atoms with Gasteiger partial charge in [0.25, 0.3) is 0 Å². The van der Waals surface area contributed by atoms with Crippen LogP contribution in [-0.2, 0) is 13.0 Å². The molecule has 0 amide bonds. The molecule has 5 rings (SSSR count). The van der Waals surface area contributed by atoms with Gasteiger partial charge in [-0.3, -0.25) is 0 Å². The predicted octanol–water partition coefficient (Wildman–Crippen LogP) is 3.67. The molecule has 2 aliphatic rings. The van der Waals surface area contributed by atoms with Crippen molar-refractivity contribution < 1.29 is 4.39 Å². The Labute approximate surface area is 164 Å². The molecule has 3 aromatic rings. The molecule has 28 heavy (non-hydrogen) atoms. The van der Waals surface area contributed by atoms with Gasteiger partial charge >= 0.3 is 0 Å². The summed E-state index contributed by atoms with van der Waals surface area (Å²) in [4.78, 5) is 17.5.